The molecule has 0 spiro atoms. The Morgan fingerprint density at radius 1 is 1.27 bits per heavy atom. The van der Waals surface area contributed by atoms with Crippen LogP contribution in [0.25, 0.3) is 0 Å². The average Bonchev–Trinajstić information content (AvgIpc) is 2.52. The van der Waals surface area contributed by atoms with E-state index in [0.29, 0.717) is 21.4 Å². The van der Waals surface area contributed by atoms with Gasteiger partial charge in [-0.3, -0.25) is 9.78 Å². The first-order valence-corrected chi connectivity index (χ1v) is 7.82. The van der Waals surface area contributed by atoms with Crippen molar-refractivity contribution in [1.82, 2.24) is 4.98 Å². The molecule has 0 aliphatic heterocycles. The van der Waals surface area contributed by atoms with Crippen LogP contribution in [-0.2, 0) is 0 Å². The minimum Gasteiger partial charge on any atom is -0.385 e. The maximum atomic E-state index is 12.3. The fraction of sp³-hybridized carbons (Fsp3) is 0.250. The van der Waals surface area contributed by atoms with E-state index in [0.717, 1.165) is 25.1 Å². The molecule has 2 aromatic rings. The Hall–Kier alpha value is -1.78. The van der Waals surface area contributed by atoms with Crippen molar-refractivity contribution in [2.45, 2.75) is 19.8 Å². The van der Waals surface area contributed by atoms with Crippen LogP contribution in [0.5, 0.6) is 0 Å². The summed E-state index contributed by atoms with van der Waals surface area (Å²) in [6, 6.07) is 8.62. The number of nitrogens with one attached hydrogen (secondary N) is 2. The molecule has 1 heterocycles. The van der Waals surface area contributed by atoms with Crippen LogP contribution in [0, 0.1) is 0 Å². The zero-order valence-corrected chi connectivity index (χ0v) is 13.7. The number of hydrogen-bond acceptors (Lipinski definition) is 3. The first-order valence-electron chi connectivity index (χ1n) is 7.07. The van der Waals surface area contributed by atoms with Crippen LogP contribution in [0.2, 0.25) is 10.0 Å². The number of pyridine rings is 1. The van der Waals surface area contributed by atoms with E-state index in [9.17, 15) is 4.79 Å². The molecule has 22 heavy (non-hydrogen) atoms. The Bertz CT molecular complexity index is 662. The van der Waals surface area contributed by atoms with Crippen molar-refractivity contribution in [2.24, 2.45) is 0 Å². The smallest absolute Gasteiger partial charge is 0.274 e. The summed E-state index contributed by atoms with van der Waals surface area (Å²) >= 11 is 12.0. The number of benzene rings is 1. The van der Waals surface area contributed by atoms with Crippen LogP contribution >= 0.6 is 23.2 Å². The SMILES string of the molecule is CCCCNc1ccnc(C(=O)Nc2cccc(Cl)c2Cl)c1. The van der Waals surface area contributed by atoms with Gasteiger partial charge < -0.3 is 10.6 Å². The van der Waals surface area contributed by atoms with Crippen molar-refractivity contribution in [3.63, 3.8) is 0 Å². The molecule has 0 saturated carbocycles. The van der Waals surface area contributed by atoms with E-state index in [1.807, 2.05) is 6.07 Å². The van der Waals surface area contributed by atoms with Gasteiger partial charge in [-0.15, -0.1) is 0 Å². The summed E-state index contributed by atoms with van der Waals surface area (Å²) in [5.74, 6) is -0.330. The number of anilines is 2. The second-order valence-corrected chi connectivity index (χ2v) is 5.55. The Kier molecular flexibility index (Phi) is 6.04. The average molecular weight is 338 g/mol. The third-order valence-corrected chi connectivity index (χ3v) is 3.87. The van der Waals surface area contributed by atoms with Crippen LogP contribution in [0.3, 0.4) is 0 Å². The maximum absolute atomic E-state index is 12.3. The minimum absolute atomic E-state index is 0.315. The Morgan fingerprint density at radius 3 is 2.86 bits per heavy atom. The van der Waals surface area contributed by atoms with Gasteiger partial charge in [-0.1, -0.05) is 42.6 Å². The summed E-state index contributed by atoms with van der Waals surface area (Å²) in [6.07, 6.45) is 3.78. The van der Waals surface area contributed by atoms with E-state index in [1.165, 1.54) is 0 Å². The molecular weight excluding hydrogens is 321 g/mol. The van der Waals surface area contributed by atoms with Crippen LogP contribution in [0.15, 0.2) is 36.5 Å². The van der Waals surface area contributed by atoms with Crippen LogP contribution in [0.1, 0.15) is 30.3 Å². The van der Waals surface area contributed by atoms with Crippen molar-refractivity contribution < 1.29 is 4.79 Å². The molecule has 1 aromatic heterocycles. The summed E-state index contributed by atoms with van der Waals surface area (Å²) in [5, 5.41) is 6.68. The number of aromatic nitrogens is 1. The lowest BCUT2D eigenvalue weighted by Crippen LogP contribution is -2.14. The largest absolute Gasteiger partial charge is 0.385 e. The van der Waals surface area contributed by atoms with Gasteiger partial charge in [-0.05, 0) is 30.7 Å². The van der Waals surface area contributed by atoms with E-state index in [4.69, 9.17) is 23.2 Å². The predicted octanol–water partition coefficient (Wildman–Crippen LogP) is 4.85. The summed E-state index contributed by atoms with van der Waals surface area (Å²) in [4.78, 5) is 16.3. The van der Waals surface area contributed by atoms with Gasteiger partial charge in [0, 0.05) is 18.4 Å². The normalized spacial score (nSPS) is 10.3. The van der Waals surface area contributed by atoms with Gasteiger partial charge in [0.2, 0.25) is 0 Å². The maximum Gasteiger partial charge on any atom is 0.274 e. The molecule has 0 aliphatic rings. The molecule has 0 atom stereocenters. The lowest BCUT2D eigenvalue weighted by molar-refractivity contribution is 0.102. The van der Waals surface area contributed by atoms with Crippen molar-refractivity contribution >= 4 is 40.5 Å². The van der Waals surface area contributed by atoms with Crippen molar-refractivity contribution in [3.8, 4) is 0 Å². The molecule has 4 nitrogen and oxygen atoms in total. The monoisotopic (exact) mass is 337 g/mol. The highest BCUT2D eigenvalue weighted by atomic mass is 35.5. The van der Waals surface area contributed by atoms with Gasteiger partial charge >= 0.3 is 0 Å². The van der Waals surface area contributed by atoms with Gasteiger partial charge in [0.25, 0.3) is 5.91 Å². The number of amides is 1. The second-order valence-electron chi connectivity index (χ2n) is 4.77. The molecule has 0 radical (unpaired) electrons. The zero-order chi connectivity index (χ0) is 15.9. The van der Waals surface area contributed by atoms with Crippen LogP contribution in [0.4, 0.5) is 11.4 Å². The molecule has 2 N–H and O–H groups in total. The Morgan fingerprint density at radius 2 is 2.09 bits per heavy atom. The highest BCUT2D eigenvalue weighted by Crippen LogP contribution is 2.29. The van der Waals surface area contributed by atoms with Gasteiger partial charge in [-0.2, -0.15) is 0 Å². The topological polar surface area (TPSA) is 54.0 Å². The van der Waals surface area contributed by atoms with Crippen molar-refractivity contribution in [3.05, 3.63) is 52.3 Å². The van der Waals surface area contributed by atoms with E-state index in [2.05, 4.69) is 22.5 Å². The van der Waals surface area contributed by atoms with Gasteiger partial charge in [-0.25, -0.2) is 0 Å². The lowest BCUT2D eigenvalue weighted by Gasteiger charge is -2.09. The Labute approximate surface area is 139 Å². The molecule has 2 rings (SSSR count). The fourth-order valence-corrected chi connectivity index (χ4v) is 2.21. The molecule has 0 unspecified atom stereocenters. The van der Waals surface area contributed by atoms with E-state index in [1.54, 1.807) is 30.5 Å². The van der Waals surface area contributed by atoms with Crippen LogP contribution < -0.4 is 10.6 Å². The molecule has 6 heteroatoms. The Balaban J connectivity index is 2.09. The number of nitrogens with zero attached hydrogens (tertiary/aromatic N) is 1. The fourth-order valence-electron chi connectivity index (χ4n) is 1.86. The summed E-state index contributed by atoms with van der Waals surface area (Å²) in [7, 11) is 0. The molecule has 0 fully saturated rings. The first kappa shape index (κ1) is 16.6. The lowest BCUT2D eigenvalue weighted by atomic mass is 10.2. The molecule has 0 saturated heterocycles. The number of unbranched alkanes of at least 4 members (excludes halogenated alkanes) is 1. The van der Waals surface area contributed by atoms with E-state index < -0.39 is 0 Å². The van der Waals surface area contributed by atoms with Gasteiger partial charge in [0.1, 0.15) is 5.69 Å². The van der Waals surface area contributed by atoms with Gasteiger partial charge in [0.15, 0.2) is 0 Å². The summed E-state index contributed by atoms with van der Waals surface area (Å²) < 4.78 is 0. The summed E-state index contributed by atoms with van der Waals surface area (Å²) in [5.41, 5.74) is 1.65. The number of hydrogen-bond donors (Lipinski definition) is 2. The highest BCUT2D eigenvalue weighted by Gasteiger charge is 2.11. The van der Waals surface area contributed by atoms with Crippen LogP contribution in [-0.4, -0.2) is 17.4 Å². The molecule has 1 amide bonds. The number of carbonyl (C=O) groups excluding carboxylic acids is 1. The third kappa shape index (κ3) is 4.36. The first-order chi connectivity index (χ1) is 10.6. The number of carbonyl (C=O) groups is 1. The minimum atomic E-state index is -0.330. The quantitative estimate of drug-likeness (QED) is 0.740. The number of halogens is 2. The molecule has 1 aromatic carbocycles. The second kappa shape index (κ2) is 8.01. The third-order valence-electron chi connectivity index (χ3n) is 3.05. The summed E-state index contributed by atoms with van der Waals surface area (Å²) in [6.45, 7) is 2.99. The highest BCUT2D eigenvalue weighted by molar-refractivity contribution is 6.44. The van der Waals surface area contributed by atoms with E-state index in [-0.39, 0.29) is 5.91 Å². The molecule has 116 valence electrons. The molecule has 0 bridgehead atoms. The number of rotatable bonds is 6. The molecular formula is C16H17Cl2N3O. The predicted molar refractivity (Wildman–Crippen MR) is 92.0 cm³/mol. The standard InChI is InChI=1S/C16H17Cl2N3O/c1-2-3-8-19-11-7-9-20-14(10-11)16(22)21-13-6-4-5-12(17)15(13)18/h4-7,9-10H,2-3,8H2,1H3,(H,19,20)(H,21,22). The van der Waals surface area contributed by atoms with Crippen molar-refractivity contribution in [2.75, 3.05) is 17.2 Å². The van der Waals surface area contributed by atoms with E-state index >= 15 is 0 Å². The zero-order valence-electron chi connectivity index (χ0n) is 12.2. The van der Waals surface area contributed by atoms with Crippen molar-refractivity contribution in [1.29, 1.82) is 0 Å². The van der Waals surface area contributed by atoms with Gasteiger partial charge in [0.05, 0.1) is 15.7 Å². The molecule has 0 aliphatic carbocycles.